The fourth-order valence-electron chi connectivity index (χ4n) is 4.28. The Kier molecular flexibility index (Phi) is 9.04. The van der Waals surface area contributed by atoms with E-state index in [9.17, 15) is 13.0 Å². The first-order chi connectivity index (χ1) is 19.3. The van der Waals surface area contributed by atoms with Gasteiger partial charge in [-0.3, -0.25) is 4.72 Å². The number of hydrogen-bond acceptors (Lipinski definition) is 7. The molecule has 5 rings (SSSR count). The van der Waals surface area contributed by atoms with Crippen LogP contribution in [0.15, 0.2) is 53.6 Å². The van der Waals surface area contributed by atoms with E-state index in [0.717, 1.165) is 41.4 Å². The van der Waals surface area contributed by atoms with E-state index in [1.807, 2.05) is 12.1 Å². The van der Waals surface area contributed by atoms with E-state index >= 15 is 0 Å². The second-order valence-electron chi connectivity index (χ2n) is 9.75. The van der Waals surface area contributed by atoms with Gasteiger partial charge >= 0.3 is 0 Å². The summed E-state index contributed by atoms with van der Waals surface area (Å²) in [5.41, 5.74) is 2.15. The number of halogens is 3. The Morgan fingerprint density at radius 1 is 1.10 bits per heavy atom. The highest BCUT2D eigenvalue weighted by molar-refractivity contribution is 7.86. The molecule has 1 aliphatic rings. The largest absolute Gasteiger partial charge is 0.381 e. The van der Waals surface area contributed by atoms with Gasteiger partial charge in [0.2, 0.25) is 5.95 Å². The highest BCUT2D eigenvalue weighted by Crippen LogP contribution is 2.44. The van der Waals surface area contributed by atoms with Gasteiger partial charge in [-0.25, -0.2) is 27.9 Å². The number of hydrogen-bond donors (Lipinski definition) is 2. The summed E-state index contributed by atoms with van der Waals surface area (Å²) in [4.78, 5) is 14.4. The summed E-state index contributed by atoms with van der Waals surface area (Å²) in [7, 11) is -2.23. The van der Waals surface area contributed by atoms with Crippen LogP contribution in [0.25, 0.3) is 21.8 Å². The minimum Gasteiger partial charge on any atom is -0.381 e. The van der Waals surface area contributed by atoms with Crippen LogP contribution in [0, 0.1) is 17.6 Å². The lowest BCUT2D eigenvalue weighted by Gasteiger charge is -2.19. The van der Waals surface area contributed by atoms with E-state index in [1.165, 1.54) is 6.07 Å². The molecule has 0 aliphatic carbocycles. The van der Waals surface area contributed by atoms with Crippen LogP contribution in [0.1, 0.15) is 37.6 Å². The molecular formula is C28H28ClF2N5O2S2. The molecule has 1 atom stereocenters. The zero-order chi connectivity index (χ0) is 28.2. The van der Waals surface area contributed by atoms with E-state index in [2.05, 4.69) is 28.9 Å². The molecule has 0 amide bonds. The quantitative estimate of drug-likeness (QED) is 0.209. The zero-order valence-electron chi connectivity index (χ0n) is 21.9. The van der Waals surface area contributed by atoms with Crippen LogP contribution in [0.3, 0.4) is 0 Å². The number of nitrogens with one attached hydrogen (secondary N) is 2. The van der Waals surface area contributed by atoms with Crippen LogP contribution in [0.5, 0.6) is 0 Å². The smallest absolute Gasteiger partial charge is 0.223 e. The molecule has 2 N–H and O–H groups in total. The van der Waals surface area contributed by atoms with Gasteiger partial charge in [0.25, 0.3) is 0 Å². The molecule has 2 aromatic carbocycles. The van der Waals surface area contributed by atoms with Gasteiger partial charge < -0.3 is 10.1 Å². The van der Waals surface area contributed by atoms with E-state index < -0.39 is 27.5 Å². The summed E-state index contributed by atoms with van der Waals surface area (Å²) in [6, 6.07) is 10.3. The van der Waals surface area contributed by atoms with Crippen molar-refractivity contribution in [2.24, 2.45) is 5.92 Å². The first-order valence-corrected chi connectivity index (χ1v) is 15.2. The standard InChI is InChI=1S/C28H28ClF2N5O2S2/c1-16(2)15-33-28-32-12-9-22(34-28)25-24(35-27(39-25)17-10-13-38-14-11-17)18-5-3-8-21(23(18)29)36-40(37)26-19(30)6-4-7-20(26)31/h3-9,12,16-17,36H,10-11,13-15H2,1-2H3,(H,32,33,34). The second kappa shape index (κ2) is 12.7. The monoisotopic (exact) mass is 603 g/mol. The normalized spacial score (nSPS) is 14.8. The molecule has 0 saturated carbocycles. The van der Waals surface area contributed by atoms with Gasteiger partial charge in [-0.15, -0.1) is 11.3 Å². The molecule has 40 heavy (non-hydrogen) atoms. The molecule has 0 bridgehead atoms. The van der Waals surface area contributed by atoms with E-state index in [0.29, 0.717) is 42.0 Å². The average Bonchev–Trinajstić information content (AvgIpc) is 3.39. The summed E-state index contributed by atoms with van der Waals surface area (Å²) in [6.45, 7) is 6.28. The van der Waals surface area contributed by atoms with Gasteiger partial charge in [0.1, 0.15) is 16.5 Å². The van der Waals surface area contributed by atoms with Crippen molar-refractivity contribution in [1.29, 1.82) is 0 Å². The van der Waals surface area contributed by atoms with Crippen molar-refractivity contribution in [1.82, 2.24) is 15.0 Å². The van der Waals surface area contributed by atoms with Crippen LogP contribution >= 0.6 is 22.9 Å². The first kappa shape index (κ1) is 28.5. The van der Waals surface area contributed by atoms with Gasteiger partial charge in [0.15, 0.2) is 11.0 Å². The molecule has 12 heteroatoms. The van der Waals surface area contributed by atoms with E-state index in [4.69, 9.17) is 26.3 Å². The van der Waals surface area contributed by atoms with Crippen molar-refractivity contribution >= 4 is 45.6 Å². The lowest BCUT2D eigenvalue weighted by atomic mass is 10.0. The average molecular weight is 604 g/mol. The summed E-state index contributed by atoms with van der Waals surface area (Å²) >= 11 is 8.39. The Morgan fingerprint density at radius 2 is 1.82 bits per heavy atom. The third-order valence-corrected chi connectivity index (χ3v) is 9.15. The Balaban J connectivity index is 1.55. The SMILES string of the molecule is CC(C)CNc1nccc(-c2sc(C3CCOCC3)nc2-c2cccc(NS(=O)c3c(F)cccc3F)c2Cl)n1. The van der Waals surface area contributed by atoms with Crippen LogP contribution in [0.4, 0.5) is 20.4 Å². The van der Waals surface area contributed by atoms with Crippen molar-refractivity contribution in [3.05, 3.63) is 70.3 Å². The molecule has 0 spiro atoms. The van der Waals surface area contributed by atoms with Crippen LogP contribution in [0.2, 0.25) is 5.02 Å². The molecule has 1 saturated heterocycles. The lowest BCUT2D eigenvalue weighted by Crippen LogP contribution is -2.13. The molecule has 1 aliphatic heterocycles. The summed E-state index contributed by atoms with van der Waals surface area (Å²) in [6.07, 6.45) is 3.42. The number of rotatable bonds is 9. The zero-order valence-corrected chi connectivity index (χ0v) is 24.3. The maximum absolute atomic E-state index is 14.3. The van der Waals surface area contributed by atoms with Gasteiger partial charge in [0.05, 0.1) is 32.0 Å². The predicted molar refractivity (Wildman–Crippen MR) is 156 cm³/mol. The van der Waals surface area contributed by atoms with Crippen molar-refractivity contribution < 1.29 is 17.7 Å². The van der Waals surface area contributed by atoms with Gasteiger partial charge in [-0.05, 0) is 43.0 Å². The summed E-state index contributed by atoms with van der Waals surface area (Å²) in [5.74, 6) is -0.646. The van der Waals surface area contributed by atoms with Crippen molar-refractivity contribution in [3.63, 3.8) is 0 Å². The number of ether oxygens (including phenoxy) is 1. The molecule has 3 heterocycles. The molecule has 1 unspecified atom stereocenters. The molecule has 1 fully saturated rings. The maximum atomic E-state index is 14.3. The topological polar surface area (TPSA) is 89.0 Å². The third kappa shape index (κ3) is 6.33. The maximum Gasteiger partial charge on any atom is 0.223 e. The van der Waals surface area contributed by atoms with Crippen molar-refractivity contribution in [2.75, 3.05) is 29.8 Å². The number of anilines is 2. The van der Waals surface area contributed by atoms with Crippen LogP contribution < -0.4 is 10.0 Å². The first-order valence-electron chi connectivity index (χ1n) is 12.9. The molecule has 4 aromatic rings. The van der Waals surface area contributed by atoms with Gasteiger partial charge in [0, 0.05) is 37.4 Å². The van der Waals surface area contributed by atoms with Gasteiger partial charge in [-0.2, -0.15) is 0 Å². The highest BCUT2D eigenvalue weighted by Gasteiger charge is 2.26. The van der Waals surface area contributed by atoms with E-state index in [1.54, 1.807) is 29.7 Å². The second-order valence-corrected chi connectivity index (χ2v) is 12.3. The third-order valence-electron chi connectivity index (χ3n) is 6.33. The molecule has 7 nitrogen and oxygen atoms in total. The Morgan fingerprint density at radius 3 is 2.55 bits per heavy atom. The van der Waals surface area contributed by atoms with Gasteiger partial charge in [-0.1, -0.05) is 43.6 Å². The Labute approximate surface area is 243 Å². The van der Waals surface area contributed by atoms with Crippen LogP contribution in [-0.2, 0) is 15.7 Å². The van der Waals surface area contributed by atoms with E-state index in [-0.39, 0.29) is 16.6 Å². The lowest BCUT2D eigenvalue weighted by molar-refractivity contribution is 0.0853. The minimum absolute atomic E-state index is 0.227. The predicted octanol–water partition coefficient (Wildman–Crippen LogP) is 7.30. The highest BCUT2D eigenvalue weighted by atomic mass is 35.5. The molecule has 0 radical (unpaired) electrons. The number of aromatic nitrogens is 3. The summed E-state index contributed by atoms with van der Waals surface area (Å²) in [5, 5.41) is 4.45. The fourth-order valence-corrected chi connectivity index (χ4v) is 6.78. The number of nitrogens with zero attached hydrogens (tertiary/aromatic N) is 3. The Bertz CT molecular complexity index is 1510. The fraction of sp³-hybridized carbons (Fsp3) is 0.321. The minimum atomic E-state index is -2.23. The number of benzene rings is 2. The van der Waals surface area contributed by atoms with Crippen LogP contribution in [-0.4, -0.2) is 38.9 Å². The van der Waals surface area contributed by atoms with Crippen molar-refractivity contribution in [3.8, 4) is 21.8 Å². The molecule has 2 aromatic heterocycles. The molecule has 210 valence electrons. The van der Waals surface area contributed by atoms with Crippen molar-refractivity contribution in [2.45, 2.75) is 37.5 Å². The molecular weight excluding hydrogens is 576 g/mol. The number of thiazole rings is 1. The summed E-state index contributed by atoms with van der Waals surface area (Å²) < 4.78 is 49.7. The Hall–Kier alpha value is -2.99.